The van der Waals surface area contributed by atoms with E-state index in [4.69, 9.17) is 0 Å². The SMILES string of the molecule is CCCCCCCCCc1ccc(C#Cc2ccc(Br)cc2)cc1. The van der Waals surface area contributed by atoms with Crippen LogP contribution in [0.4, 0.5) is 0 Å². The van der Waals surface area contributed by atoms with E-state index in [0.29, 0.717) is 0 Å². The van der Waals surface area contributed by atoms with Gasteiger partial charge < -0.3 is 0 Å². The lowest BCUT2D eigenvalue weighted by molar-refractivity contribution is 0.589. The number of benzene rings is 2. The second-order valence-electron chi connectivity index (χ2n) is 6.33. The summed E-state index contributed by atoms with van der Waals surface area (Å²) in [7, 11) is 0. The van der Waals surface area contributed by atoms with E-state index in [9.17, 15) is 0 Å². The molecule has 0 spiro atoms. The molecule has 1 heteroatoms. The molecule has 0 bridgehead atoms. The molecule has 2 rings (SSSR count). The smallest absolute Gasteiger partial charge is 0.0249 e. The fraction of sp³-hybridized carbons (Fsp3) is 0.391. The Bertz CT molecular complexity index is 641. The van der Waals surface area contributed by atoms with Gasteiger partial charge in [0.1, 0.15) is 0 Å². The van der Waals surface area contributed by atoms with Crippen molar-refractivity contribution in [3.63, 3.8) is 0 Å². The van der Waals surface area contributed by atoms with Gasteiger partial charge in [-0.15, -0.1) is 0 Å². The van der Waals surface area contributed by atoms with Crippen molar-refractivity contribution in [3.05, 3.63) is 69.7 Å². The van der Waals surface area contributed by atoms with E-state index in [-0.39, 0.29) is 0 Å². The lowest BCUT2D eigenvalue weighted by Crippen LogP contribution is -1.87. The monoisotopic (exact) mass is 382 g/mol. The van der Waals surface area contributed by atoms with Gasteiger partial charge in [0.05, 0.1) is 0 Å². The van der Waals surface area contributed by atoms with Gasteiger partial charge in [0.2, 0.25) is 0 Å². The molecule has 126 valence electrons. The quantitative estimate of drug-likeness (QED) is 0.336. The van der Waals surface area contributed by atoms with Gasteiger partial charge in [-0.1, -0.05) is 85.4 Å². The van der Waals surface area contributed by atoms with Crippen LogP contribution in [0, 0.1) is 11.8 Å². The first-order chi connectivity index (χ1) is 11.8. The van der Waals surface area contributed by atoms with E-state index in [0.717, 1.165) is 15.6 Å². The number of hydrogen-bond acceptors (Lipinski definition) is 0. The lowest BCUT2D eigenvalue weighted by atomic mass is 10.0. The maximum atomic E-state index is 3.44. The van der Waals surface area contributed by atoms with Crippen LogP contribution < -0.4 is 0 Å². The van der Waals surface area contributed by atoms with Gasteiger partial charge in [-0.3, -0.25) is 0 Å². The Morgan fingerprint density at radius 2 is 1.17 bits per heavy atom. The summed E-state index contributed by atoms with van der Waals surface area (Å²) < 4.78 is 1.09. The van der Waals surface area contributed by atoms with Gasteiger partial charge in [0, 0.05) is 15.6 Å². The van der Waals surface area contributed by atoms with Crippen LogP contribution in [0.25, 0.3) is 0 Å². The topological polar surface area (TPSA) is 0 Å². The van der Waals surface area contributed by atoms with E-state index < -0.39 is 0 Å². The number of hydrogen-bond donors (Lipinski definition) is 0. The van der Waals surface area contributed by atoms with Gasteiger partial charge in [-0.2, -0.15) is 0 Å². The Morgan fingerprint density at radius 3 is 1.75 bits per heavy atom. The molecular weight excluding hydrogens is 356 g/mol. The van der Waals surface area contributed by atoms with Crippen LogP contribution in [0.2, 0.25) is 0 Å². The first-order valence-electron chi connectivity index (χ1n) is 9.14. The zero-order chi connectivity index (χ0) is 17.0. The van der Waals surface area contributed by atoms with Gasteiger partial charge in [0.15, 0.2) is 0 Å². The van der Waals surface area contributed by atoms with E-state index in [1.807, 2.05) is 24.3 Å². The molecule has 0 atom stereocenters. The summed E-state index contributed by atoms with van der Waals surface area (Å²) >= 11 is 3.44. The van der Waals surface area contributed by atoms with Crippen molar-refractivity contribution in [1.82, 2.24) is 0 Å². The molecule has 0 heterocycles. The molecule has 0 amide bonds. The molecule has 0 nitrogen and oxygen atoms in total. The normalized spacial score (nSPS) is 10.2. The zero-order valence-electron chi connectivity index (χ0n) is 14.7. The highest BCUT2D eigenvalue weighted by Gasteiger charge is 1.95. The molecule has 0 aliphatic carbocycles. The Kier molecular flexibility index (Phi) is 8.71. The summed E-state index contributed by atoms with van der Waals surface area (Å²) in [6, 6.07) is 16.8. The van der Waals surface area contributed by atoms with E-state index in [1.165, 1.54) is 56.9 Å². The summed E-state index contributed by atoms with van der Waals surface area (Å²) in [5.41, 5.74) is 3.56. The summed E-state index contributed by atoms with van der Waals surface area (Å²) in [5, 5.41) is 0. The lowest BCUT2D eigenvalue weighted by Gasteiger charge is -2.02. The predicted octanol–water partition coefficient (Wildman–Crippen LogP) is 7.14. The minimum atomic E-state index is 1.05. The van der Waals surface area contributed by atoms with Crippen LogP contribution in [-0.2, 0) is 6.42 Å². The van der Waals surface area contributed by atoms with Crippen LogP contribution in [-0.4, -0.2) is 0 Å². The number of unbranched alkanes of at least 4 members (excludes halogenated alkanes) is 6. The molecule has 2 aromatic carbocycles. The molecule has 0 saturated heterocycles. The van der Waals surface area contributed by atoms with Gasteiger partial charge in [-0.25, -0.2) is 0 Å². The molecule has 0 radical (unpaired) electrons. The largest absolute Gasteiger partial charge is 0.0654 e. The van der Waals surface area contributed by atoms with Gasteiger partial charge in [0.25, 0.3) is 0 Å². The third kappa shape index (κ3) is 7.37. The molecule has 0 fully saturated rings. The Hall–Kier alpha value is -1.52. The fourth-order valence-electron chi connectivity index (χ4n) is 2.72. The highest BCUT2D eigenvalue weighted by Crippen LogP contribution is 2.12. The average Bonchev–Trinajstić information content (AvgIpc) is 2.61. The van der Waals surface area contributed by atoms with Crippen molar-refractivity contribution in [2.24, 2.45) is 0 Å². The Morgan fingerprint density at radius 1 is 0.667 bits per heavy atom. The number of halogens is 1. The van der Waals surface area contributed by atoms with Crippen LogP contribution in [0.15, 0.2) is 53.0 Å². The molecule has 0 aromatic heterocycles. The minimum absolute atomic E-state index is 1.05. The maximum absolute atomic E-state index is 3.44. The third-order valence-electron chi connectivity index (χ3n) is 4.22. The van der Waals surface area contributed by atoms with Crippen molar-refractivity contribution in [1.29, 1.82) is 0 Å². The molecule has 24 heavy (non-hydrogen) atoms. The second kappa shape index (κ2) is 11.1. The summed E-state index contributed by atoms with van der Waals surface area (Å²) in [5.74, 6) is 6.45. The highest BCUT2D eigenvalue weighted by atomic mass is 79.9. The Balaban J connectivity index is 1.74. The third-order valence-corrected chi connectivity index (χ3v) is 4.75. The number of aryl methyl sites for hydroxylation is 1. The molecule has 0 aliphatic rings. The predicted molar refractivity (Wildman–Crippen MR) is 108 cm³/mol. The molecule has 0 saturated carbocycles. The molecule has 0 N–H and O–H groups in total. The van der Waals surface area contributed by atoms with Crippen molar-refractivity contribution in [2.45, 2.75) is 58.3 Å². The standard InChI is InChI=1S/C23H27Br/c1-2-3-4-5-6-7-8-9-20-10-12-21(13-11-20)14-15-22-16-18-23(24)19-17-22/h10-13,16-19H,2-9H2,1H3. The van der Waals surface area contributed by atoms with Crippen LogP contribution in [0.1, 0.15) is 68.6 Å². The van der Waals surface area contributed by atoms with Crippen molar-refractivity contribution in [2.75, 3.05) is 0 Å². The first-order valence-corrected chi connectivity index (χ1v) is 9.94. The van der Waals surface area contributed by atoms with Crippen molar-refractivity contribution in [3.8, 4) is 11.8 Å². The van der Waals surface area contributed by atoms with Crippen molar-refractivity contribution < 1.29 is 0 Å². The molecule has 0 aliphatic heterocycles. The van der Waals surface area contributed by atoms with Crippen LogP contribution in [0.5, 0.6) is 0 Å². The maximum Gasteiger partial charge on any atom is 0.0249 e. The summed E-state index contributed by atoms with van der Waals surface area (Å²) in [6.45, 7) is 2.27. The van der Waals surface area contributed by atoms with Gasteiger partial charge in [-0.05, 0) is 54.8 Å². The zero-order valence-corrected chi connectivity index (χ0v) is 16.2. The molecule has 0 unspecified atom stereocenters. The first kappa shape index (κ1) is 18.8. The number of rotatable bonds is 8. The summed E-state index contributed by atoms with van der Waals surface area (Å²) in [6.07, 6.45) is 10.8. The van der Waals surface area contributed by atoms with Gasteiger partial charge >= 0.3 is 0 Å². The average molecular weight is 383 g/mol. The van der Waals surface area contributed by atoms with Crippen molar-refractivity contribution >= 4 is 15.9 Å². The van der Waals surface area contributed by atoms with E-state index >= 15 is 0 Å². The van der Waals surface area contributed by atoms with Crippen LogP contribution >= 0.6 is 15.9 Å². The minimum Gasteiger partial charge on any atom is -0.0654 e. The second-order valence-corrected chi connectivity index (χ2v) is 7.24. The fourth-order valence-corrected chi connectivity index (χ4v) is 2.98. The van der Waals surface area contributed by atoms with E-state index in [2.05, 4.69) is 59.0 Å². The van der Waals surface area contributed by atoms with E-state index in [1.54, 1.807) is 0 Å². The Labute approximate surface area is 155 Å². The summed E-state index contributed by atoms with van der Waals surface area (Å²) in [4.78, 5) is 0. The highest BCUT2D eigenvalue weighted by molar-refractivity contribution is 9.10. The van der Waals surface area contributed by atoms with Crippen LogP contribution in [0.3, 0.4) is 0 Å². The molecular formula is C23H27Br. The molecule has 2 aromatic rings.